The Balaban J connectivity index is 1.77. The molecule has 0 fully saturated rings. The predicted octanol–water partition coefficient (Wildman–Crippen LogP) is 3.82. The highest BCUT2D eigenvalue weighted by Crippen LogP contribution is 2.22. The van der Waals surface area contributed by atoms with Crippen LogP contribution in [0.15, 0.2) is 64.3 Å². The van der Waals surface area contributed by atoms with Crippen LogP contribution in [0.25, 0.3) is 11.0 Å². The number of hydrogen-bond donors (Lipinski definition) is 1. The van der Waals surface area contributed by atoms with Gasteiger partial charge in [0.15, 0.2) is 0 Å². The molecule has 0 unspecified atom stereocenters. The van der Waals surface area contributed by atoms with Crippen molar-refractivity contribution in [2.24, 2.45) is 0 Å². The fraction of sp³-hybridized carbons (Fsp3) is 0.200. The van der Waals surface area contributed by atoms with Gasteiger partial charge in [0.2, 0.25) is 5.91 Å². The number of halogens is 1. The molecule has 0 aliphatic carbocycles. The van der Waals surface area contributed by atoms with Crippen LogP contribution in [0.4, 0.5) is 5.69 Å². The second kappa shape index (κ2) is 9.03. The summed E-state index contributed by atoms with van der Waals surface area (Å²) in [5, 5.41) is 3.60. The maximum atomic E-state index is 13.3. The quantitative estimate of drug-likeness (QED) is 0.488. The Labute approximate surface area is 195 Å². The smallest absolute Gasteiger partial charge is 0.324 e. The van der Waals surface area contributed by atoms with E-state index < -0.39 is 11.2 Å². The molecule has 1 N–H and O–H groups in total. The van der Waals surface area contributed by atoms with Crippen LogP contribution in [0.2, 0.25) is 5.02 Å². The topological polar surface area (TPSA) is 86.0 Å². The Morgan fingerprint density at radius 3 is 2.39 bits per heavy atom. The highest BCUT2D eigenvalue weighted by atomic mass is 35.5. The summed E-state index contributed by atoms with van der Waals surface area (Å²) in [6.45, 7) is 5.53. The molecule has 0 radical (unpaired) electrons. The second-order valence-corrected chi connectivity index (χ2v) is 8.46. The molecule has 2 aromatic heterocycles. The normalized spacial score (nSPS) is 11.0. The number of nitrogens with zero attached hydrogens (tertiary/aromatic N) is 3. The van der Waals surface area contributed by atoms with E-state index >= 15 is 0 Å². The second-order valence-electron chi connectivity index (χ2n) is 8.05. The molecular formula is C25H23ClN4O3. The molecule has 2 heterocycles. The van der Waals surface area contributed by atoms with Gasteiger partial charge < -0.3 is 5.32 Å². The van der Waals surface area contributed by atoms with Crippen molar-refractivity contribution in [3.63, 3.8) is 0 Å². The number of rotatable bonds is 5. The van der Waals surface area contributed by atoms with E-state index in [9.17, 15) is 14.4 Å². The number of hydrogen-bond acceptors (Lipinski definition) is 4. The molecule has 7 nitrogen and oxygen atoms in total. The van der Waals surface area contributed by atoms with Crippen LogP contribution >= 0.6 is 11.6 Å². The summed E-state index contributed by atoms with van der Waals surface area (Å²) in [5.41, 5.74) is 3.35. The third kappa shape index (κ3) is 4.45. The van der Waals surface area contributed by atoms with E-state index in [1.165, 1.54) is 10.8 Å². The van der Waals surface area contributed by atoms with Crippen molar-refractivity contribution in [3.05, 3.63) is 103 Å². The van der Waals surface area contributed by atoms with E-state index in [1.54, 1.807) is 36.4 Å². The van der Waals surface area contributed by atoms with Gasteiger partial charge in [-0.3, -0.25) is 18.7 Å². The number of carbonyl (C=O) groups is 1. The SMILES string of the molecule is Cc1cc(C)c(NC(=O)Cn2c(=O)n(Cc3ccccc3Cl)c(=O)c3cccnc32)c(C)c1. The number of nitrogens with one attached hydrogen (secondary N) is 1. The van der Waals surface area contributed by atoms with Crippen molar-refractivity contribution in [2.75, 3.05) is 5.32 Å². The maximum absolute atomic E-state index is 13.3. The van der Waals surface area contributed by atoms with Crippen LogP contribution in [-0.2, 0) is 17.9 Å². The summed E-state index contributed by atoms with van der Waals surface area (Å²) in [5.74, 6) is -0.387. The van der Waals surface area contributed by atoms with E-state index in [-0.39, 0.29) is 30.0 Å². The Morgan fingerprint density at radius 1 is 1.00 bits per heavy atom. The first-order valence-electron chi connectivity index (χ1n) is 10.5. The third-order valence-corrected chi connectivity index (χ3v) is 5.88. The zero-order chi connectivity index (χ0) is 23.7. The molecule has 0 aliphatic rings. The van der Waals surface area contributed by atoms with Gasteiger partial charge in [0.05, 0.1) is 11.9 Å². The van der Waals surface area contributed by atoms with Crippen molar-refractivity contribution >= 4 is 34.2 Å². The molecule has 4 rings (SSSR count). The van der Waals surface area contributed by atoms with Gasteiger partial charge >= 0.3 is 5.69 Å². The van der Waals surface area contributed by atoms with Gasteiger partial charge in [-0.15, -0.1) is 0 Å². The highest BCUT2D eigenvalue weighted by molar-refractivity contribution is 6.31. The van der Waals surface area contributed by atoms with Gasteiger partial charge in [-0.2, -0.15) is 0 Å². The molecule has 2 aromatic carbocycles. The lowest BCUT2D eigenvalue weighted by atomic mass is 10.1. The molecule has 0 atom stereocenters. The van der Waals surface area contributed by atoms with Crippen LogP contribution < -0.4 is 16.6 Å². The molecule has 0 aliphatic heterocycles. The summed E-state index contributed by atoms with van der Waals surface area (Å²) in [7, 11) is 0. The molecule has 1 amide bonds. The van der Waals surface area contributed by atoms with Gasteiger partial charge in [0.1, 0.15) is 12.2 Å². The van der Waals surface area contributed by atoms with Crippen molar-refractivity contribution in [1.82, 2.24) is 14.1 Å². The van der Waals surface area contributed by atoms with Crippen molar-refractivity contribution < 1.29 is 4.79 Å². The predicted molar refractivity (Wildman–Crippen MR) is 130 cm³/mol. The lowest BCUT2D eigenvalue weighted by Crippen LogP contribution is -2.42. The number of fused-ring (bicyclic) bond motifs is 1. The molecule has 168 valence electrons. The van der Waals surface area contributed by atoms with Gasteiger partial charge in [-0.1, -0.05) is 47.5 Å². The minimum absolute atomic E-state index is 0.0139. The minimum atomic E-state index is -0.626. The van der Waals surface area contributed by atoms with E-state index in [2.05, 4.69) is 10.3 Å². The monoisotopic (exact) mass is 462 g/mol. The van der Waals surface area contributed by atoms with Crippen LogP contribution in [0.5, 0.6) is 0 Å². The molecule has 0 saturated heterocycles. The number of aryl methyl sites for hydroxylation is 3. The molecule has 0 spiro atoms. The maximum Gasteiger partial charge on any atom is 0.333 e. The van der Waals surface area contributed by atoms with Gasteiger partial charge in [0.25, 0.3) is 5.56 Å². The van der Waals surface area contributed by atoms with Crippen LogP contribution in [0, 0.1) is 20.8 Å². The number of benzene rings is 2. The average molecular weight is 463 g/mol. The first-order valence-corrected chi connectivity index (χ1v) is 10.8. The summed E-state index contributed by atoms with van der Waals surface area (Å²) >= 11 is 6.25. The van der Waals surface area contributed by atoms with E-state index in [1.807, 2.05) is 32.9 Å². The summed E-state index contributed by atoms with van der Waals surface area (Å²) < 4.78 is 2.31. The van der Waals surface area contributed by atoms with Gasteiger partial charge in [0, 0.05) is 16.9 Å². The third-order valence-electron chi connectivity index (χ3n) is 5.51. The Kier molecular flexibility index (Phi) is 6.16. The zero-order valence-corrected chi connectivity index (χ0v) is 19.3. The van der Waals surface area contributed by atoms with Crippen molar-refractivity contribution in [3.8, 4) is 0 Å². The standard InChI is InChI=1S/C25H23ClN4O3/c1-15-11-16(2)22(17(3)12-15)28-21(31)14-29-23-19(8-6-10-27-23)24(32)30(25(29)33)13-18-7-4-5-9-20(18)26/h4-12H,13-14H2,1-3H3,(H,28,31). The van der Waals surface area contributed by atoms with Gasteiger partial charge in [-0.25, -0.2) is 9.78 Å². The lowest BCUT2D eigenvalue weighted by molar-refractivity contribution is -0.116. The fourth-order valence-corrected chi connectivity index (χ4v) is 4.22. The van der Waals surface area contributed by atoms with E-state index in [0.717, 1.165) is 21.3 Å². The molecule has 8 heteroatoms. The summed E-state index contributed by atoms with van der Waals surface area (Å²) in [4.78, 5) is 43.6. The highest BCUT2D eigenvalue weighted by Gasteiger charge is 2.18. The number of pyridine rings is 1. The molecule has 4 aromatic rings. The largest absolute Gasteiger partial charge is 0.333 e. The number of carbonyl (C=O) groups excluding carboxylic acids is 1. The fourth-order valence-electron chi connectivity index (χ4n) is 4.03. The molecular weight excluding hydrogens is 440 g/mol. The first-order chi connectivity index (χ1) is 15.8. The number of amides is 1. The minimum Gasteiger partial charge on any atom is -0.324 e. The van der Waals surface area contributed by atoms with E-state index in [4.69, 9.17) is 11.6 Å². The molecule has 0 saturated carbocycles. The van der Waals surface area contributed by atoms with Crippen molar-refractivity contribution in [2.45, 2.75) is 33.9 Å². The molecule has 33 heavy (non-hydrogen) atoms. The lowest BCUT2D eigenvalue weighted by Gasteiger charge is -2.16. The van der Waals surface area contributed by atoms with E-state index in [0.29, 0.717) is 16.3 Å². The van der Waals surface area contributed by atoms with Crippen molar-refractivity contribution in [1.29, 1.82) is 0 Å². The first kappa shape index (κ1) is 22.5. The summed E-state index contributed by atoms with van der Waals surface area (Å²) in [6, 6.07) is 14.2. The van der Waals surface area contributed by atoms with Gasteiger partial charge in [-0.05, 0) is 55.7 Å². The van der Waals surface area contributed by atoms with Crippen LogP contribution in [0.1, 0.15) is 22.3 Å². The average Bonchev–Trinajstić information content (AvgIpc) is 2.78. The Hall–Kier alpha value is -3.71. The van der Waals surface area contributed by atoms with Crippen LogP contribution in [-0.4, -0.2) is 20.0 Å². The number of aromatic nitrogens is 3. The number of anilines is 1. The Morgan fingerprint density at radius 2 is 1.70 bits per heavy atom. The zero-order valence-electron chi connectivity index (χ0n) is 18.6. The van der Waals surface area contributed by atoms with Crippen LogP contribution in [0.3, 0.4) is 0 Å². The Bertz CT molecular complexity index is 1480. The summed E-state index contributed by atoms with van der Waals surface area (Å²) in [6.07, 6.45) is 1.49. The molecule has 0 bridgehead atoms.